The van der Waals surface area contributed by atoms with Gasteiger partial charge in [0, 0.05) is 24.4 Å². The number of halogens is 3. The zero-order chi connectivity index (χ0) is 23.6. The van der Waals surface area contributed by atoms with E-state index in [0.29, 0.717) is 36.5 Å². The van der Waals surface area contributed by atoms with Crippen molar-refractivity contribution in [1.29, 1.82) is 0 Å². The van der Waals surface area contributed by atoms with Gasteiger partial charge >= 0.3 is 6.18 Å². The number of carbonyl (C=O) groups is 1. The van der Waals surface area contributed by atoms with E-state index in [1.54, 1.807) is 24.9 Å². The second kappa shape index (κ2) is 8.96. The molecule has 0 saturated heterocycles. The highest BCUT2D eigenvalue weighted by molar-refractivity contribution is 5.76. The monoisotopic (exact) mass is 458 g/mol. The van der Waals surface area contributed by atoms with E-state index < -0.39 is 12.0 Å². The molecule has 1 N–H and O–H groups in total. The normalized spacial score (nSPS) is 11.8. The molecular weight excluding hydrogens is 437 g/mol. The number of hydrogen-bond donors (Lipinski definition) is 1. The number of hydrogen-bond acceptors (Lipinski definition) is 6. The van der Waals surface area contributed by atoms with Crippen LogP contribution >= 0.6 is 0 Å². The average Bonchev–Trinajstić information content (AvgIpc) is 3.42. The van der Waals surface area contributed by atoms with Crippen molar-refractivity contribution in [3.63, 3.8) is 0 Å². The maximum atomic E-state index is 12.9. The van der Waals surface area contributed by atoms with Crippen LogP contribution in [0.4, 0.5) is 13.2 Å². The standard InChI is InChI=1S/C21H21F3N8O/c1-13-17(14(2)32-20(28-13)29-19(30-32)21(22,23)24)7-8-18(33)26-9-15-5-3-4-6-16(15)10-31-12-25-11-27-31/h3-6,11-12H,7-10H2,1-2H3,(H,26,33). The number of carbonyl (C=O) groups excluding carboxylic acids is 1. The third-order valence-corrected chi connectivity index (χ3v) is 5.30. The Morgan fingerprint density at radius 1 is 1.12 bits per heavy atom. The molecule has 1 amide bonds. The summed E-state index contributed by atoms with van der Waals surface area (Å²) in [5.74, 6) is -1.54. The summed E-state index contributed by atoms with van der Waals surface area (Å²) in [6, 6.07) is 7.71. The summed E-state index contributed by atoms with van der Waals surface area (Å²) in [6.45, 7) is 4.21. The number of amides is 1. The molecule has 33 heavy (non-hydrogen) atoms. The maximum absolute atomic E-state index is 12.9. The minimum absolute atomic E-state index is 0.116. The summed E-state index contributed by atoms with van der Waals surface area (Å²) < 4.78 is 41.6. The lowest BCUT2D eigenvalue weighted by Gasteiger charge is -2.12. The van der Waals surface area contributed by atoms with Crippen LogP contribution in [0.1, 0.15) is 40.3 Å². The van der Waals surface area contributed by atoms with Crippen LogP contribution in [0.25, 0.3) is 5.78 Å². The first kappa shape index (κ1) is 22.4. The smallest absolute Gasteiger partial charge is 0.352 e. The topological polar surface area (TPSA) is 103 Å². The van der Waals surface area contributed by atoms with Crippen LogP contribution in [0.3, 0.4) is 0 Å². The Morgan fingerprint density at radius 2 is 1.88 bits per heavy atom. The van der Waals surface area contributed by atoms with Crippen molar-refractivity contribution >= 4 is 11.7 Å². The Bertz CT molecular complexity index is 1280. The molecule has 12 heteroatoms. The number of aromatic nitrogens is 7. The molecular formula is C21H21F3N8O. The third kappa shape index (κ3) is 4.99. The van der Waals surface area contributed by atoms with Crippen LogP contribution in [0.5, 0.6) is 0 Å². The van der Waals surface area contributed by atoms with Gasteiger partial charge in [-0.25, -0.2) is 19.2 Å². The molecule has 0 saturated carbocycles. The number of nitrogens with one attached hydrogen (secondary N) is 1. The van der Waals surface area contributed by atoms with E-state index in [1.807, 2.05) is 24.3 Å². The average molecular weight is 458 g/mol. The van der Waals surface area contributed by atoms with Crippen molar-refractivity contribution in [2.75, 3.05) is 0 Å². The Morgan fingerprint density at radius 3 is 2.58 bits per heavy atom. The molecule has 4 aromatic rings. The van der Waals surface area contributed by atoms with Crippen molar-refractivity contribution in [3.05, 3.63) is 70.8 Å². The van der Waals surface area contributed by atoms with E-state index in [4.69, 9.17) is 0 Å². The summed E-state index contributed by atoms with van der Waals surface area (Å²) in [7, 11) is 0. The molecule has 3 aromatic heterocycles. The third-order valence-electron chi connectivity index (χ3n) is 5.30. The first-order valence-corrected chi connectivity index (χ1v) is 10.2. The van der Waals surface area contributed by atoms with Gasteiger partial charge in [-0.2, -0.15) is 23.3 Å². The molecule has 0 spiro atoms. The summed E-state index contributed by atoms with van der Waals surface area (Å²) in [4.78, 5) is 24.0. The highest BCUT2D eigenvalue weighted by Crippen LogP contribution is 2.27. The van der Waals surface area contributed by atoms with Gasteiger partial charge in [-0.3, -0.25) is 4.79 Å². The number of fused-ring (bicyclic) bond motifs is 1. The predicted octanol–water partition coefficient (Wildman–Crippen LogP) is 2.65. The van der Waals surface area contributed by atoms with E-state index >= 15 is 0 Å². The Kier molecular flexibility index (Phi) is 6.07. The van der Waals surface area contributed by atoms with Gasteiger partial charge in [0.15, 0.2) is 0 Å². The van der Waals surface area contributed by atoms with Crippen molar-refractivity contribution in [2.45, 2.75) is 46.0 Å². The molecule has 3 heterocycles. The summed E-state index contributed by atoms with van der Waals surface area (Å²) >= 11 is 0. The van der Waals surface area contributed by atoms with Gasteiger partial charge in [0.05, 0.1) is 6.54 Å². The van der Waals surface area contributed by atoms with Gasteiger partial charge in [-0.1, -0.05) is 24.3 Å². The van der Waals surface area contributed by atoms with Gasteiger partial charge in [0.2, 0.25) is 5.91 Å². The fraction of sp³-hybridized carbons (Fsp3) is 0.333. The molecule has 9 nitrogen and oxygen atoms in total. The molecule has 0 bridgehead atoms. The van der Waals surface area contributed by atoms with E-state index in [-0.39, 0.29) is 18.1 Å². The van der Waals surface area contributed by atoms with Gasteiger partial charge < -0.3 is 5.32 Å². The molecule has 0 unspecified atom stereocenters. The Balaban J connectivity index is 1.41. The first-order valence-electron chi connectivity index (χ1n) is 10.2. The molecule has 172 valence electrons. The van der Waals surface area contributed by atoms with Crippen LogP contribution < -0.4 is 5.32 Å². The number of nitrogens with zero attached hydrogens (tertiary/aromatic N) is 7. The molecule has 0 atom stereocenters. The minimum Gasteiger partial charge on any atom is -0.352 e. The number of alkyl halides is 3. The number of rotatable bonds is 7. The minimum atomic E-state index is -4.65. The number of aryl methyl sites for hydroxylation is 2. The van der Waals surface area contributed by atoms with E-state index in [0.717, 1.165) is 15.6 Å². The maximum Gasteiger partial charge on any atom is 0.453 e. The highest BCUT2D eigenvalue weighted by Gasteiger charge is 2.37. The van der Waals surface area contributed by atoms with E-state index in [1.165, 1.54) is 6.33 Å². The molecule has 0 aliphatic rings. The number of benzene rings is 1. The SMILES string of the molecule is Cc1nc2nc(C(F)(F)F)nn2c(C)c1CCC(=O)NCc1ccccc1Cn1cncn1. The molecule has 0 aliphatic carbocycles. The molecule has 0 radical (unpaired) electrons. The predicted molar refractivity (Wildman–Crippen MR) is 111 cm³/mol. The van der Waals surface area contributed by atoms with Gasteiger partial charge in [0.1, 0.15) is 12.7 Å². The van der Waals surface area contributed by atoms with Crippen LogP contribution in [0.2, 0.25) is 0 Å². The first-order chi connectivity index (χ1) is 15.7. The van der Waals surface area contributed by atoms with Crippen molar-refractivity contribution in [1.82, 2.24) is 39.7 Å². The quantitative estimate of drug-likeness (QED) is 0.457. The highest BCUT2D eigenvalue weighted by atomic mass is 19.4. The lowest BCUT2D eigenvalue weighted by molar-refractivity contribution is -0.144. The van der Waals surface area contributed by atoms with Gasteiger partial charge in [0.25, 0.3) is 11.6 Å². The zero-order valence-electron chi connectivity index (χ0n) is 18.0. The van der Waals surface area contributed by atoms with Crippen LogP contribution in [0, 0.1) is 13.8 Å². The summed E-state index contributed by atoms with van der Waals surface area (Å²) in [5, 5.41) is 10.5. The van der Waals surface area contributed by atoms with Crippen LogP contribution in [-0.2, 0) is 30.5 Å². The van der Waals surface area contributed by atoms with Crippen molar-refractivity contribution < 1.29 is 18.0 Å². The Labute approximate surface area is 186 Å². The van der Waals surface area contributed by atoms with Crippen molar-refractivity contribution in [2.24, 2.45) is 0 Å². The second-order valence-electron chi connectivity index (χ2n) is 7.54. The lowest BCUT2D eigenvalue weighted by atomic mass is 10.1. The van der Waals surface area contributed by atoms with Crippen molar-refractivity contribution in [3.8, 4) is 0 Å². The fourth-order valence-corrected chi connectivity index (χ4v) is 3.58. The van der Waals surface area contributed by atoms with E-state index in [2.05, 4.69) is 30.5 Å². The van der Waals surface area contributed by atoms with E-state index in [9.17, 15) is 18.0 Å². The molecule has 0 fully saturated rings. The second-order valence-corrected chi connectivity index (χ2v) is 7.54. The molecule has 1 aromatic carbocycles. The zero-order valence-corrected chi connectivity index (χ0v) is 18.0. The summed E-state index contributed by atoms with van der Waals surface area (Å²) in [6.07, 6.45) is -1.10. The van der Waals surface area contributed by atoms with Crippen LogP contribution in [0.15, 0.2) is 36.9 Å². The van der Waals surface area contributed by atoms with Gasteiger partial charge in [-0.05, 0) is 37.0 Å². The largest absolute Gasteiger partial charge is 0.453 e. The summed E-state index contributed by atoms with van der Waals surface area (Å²) in [5.41, 5.74) is 3.64. The molecule has 4 rings (SSSR count). The van der Waals surface area contributed by atoms with Crippen LogP contribution in [-0.4, -0.2) is 40.3 Å². The Hall–Kier alpha value is -3.83. The van der Waals surface area contributed by atoms with Gasteiger partial charge in [-0.15, -0.1) is 5.10 Å². The fourth-order valence-electron chi connectivity index (χ4n) is 3.58. The molecule has 0 aliphatic heterocycles. The lowest BCUT2D eigenvalue weighted by Crippen LogP contribution is -2.24.